The molecule has 0 saturated heterocycles. The minimum atomic E-state index is -1.37. The van der Waals surface area contributed by atoms with Crippen molar-refractivity contribution in [2.45, 2.75) is 71.3 Å². The number of hydrogen-bond donors (Lipinski definition) is 1. The molecular formula is C22H30O3. The number of carbonyl (C=O) groups is 2. The van der Waals surface area contributed by atoms with Crippen LogP contribution in [0.5, 0.6) is 0 Å². The first-order valence-corrected chi connectivity index (χ1v) is 9.79. The number of fused-ring (bicyclic) bond motifs is 5. The van der Waals surface area contributed by atoms with Crippen molar-refractivity contribution in [1.82, 2.24) is 0 Å². The van der Waals surface area contributed by atoms with Crippen LogP contribution in [0, 0.1) is 28.6 Å². The van der Waals surface area contributed by atoms with Crippen molar-refractivity contribution in [3.05, 3.63) is 23.8 Å². The lowest BCUT2D eigenvalue weighted by molar-refractivity contribution is -0.163. The monoisotopic (exact) mass is 342 g/mol. The zero-order valence-corrected chi connectivity index (χ0v) is 15.7. The Morgan fingerprint density at radius 1 is 1.24 bits per heavy atom. The van der Waals surface area contributed by atoms with Crippen molar-refractivity contribution in [3.8, 4) is 0 Å². The van der Waals surface area contributed by atoms with Crippen LogP contribution in [0.4, 0.5) is 0 Å². The summed E-state index contributed by atoms with van der Waals surface area (Å²) in [6, 6.07) is 0. The smallest absolute Gasteiger partial charge is 0.166 e. The van der Waals surface area contributed by atoms with Gasteiger partial charge in [-0.05, 0) is 80.3 Å². The molecule has 4 aliphatic carbocycles. The van der Waals surface area contributed by atoms with Crippen LogP contribution < -0.4 is 0 Å². The fourth-order valence-corrected chi connectivity index (χ4v) is 7.31. The zero-order chi connectivity index (χ0) is 18.2. The number of ketones is 2. The molecule has 0 aliphatic heterocycles. The summed E-state index contributed by atoms with van der Waals surface area (Å²) < 4.78 is 0. The third-order valence-corrected chi connectivity index (χ3v) is 8.65. The Balaban J connectivity index is 1.76. The average Bonchev–Trinajstić information content (AvgIpc) is 2.77. The van der Waals surface area contributed by atoms with Crippen LogP contribution in [0.3, 0.4) is 0 Å². The molecule has 3 fully saturated rings. The minimum absolute atomic E-state index is 0.109. The third kappa shape index (κ3) is 1.96. The molecule has 3 heteroatoms. The molecule has 1 unspecified atom stereocenters. The van der Waals surface area contributed by atoms with Gasteiger partial charge in [0, 0.05) is 11.8 Å². The van der Waals surface area contributed by atoms with Gasteiger partial charge in [-0.2, -0.15) is 0 Å². The number of aliphatic hydroxyl groups is 1. The molecule has 0 spiro atoms. The quantitative estimate of drug-likeness (QED) is 0.733. The van der Waals surface area contributed by atoms with Gasteiger partial charge >= 0.3 is 0 Å². The molecule has 6 atom stereocenters. The Labute approximate surface area is 150 Å². The highest BCUT2D eigenvalue weighted by Gasteiger charge is 2.69. The topological polar surface area (TPSA) is 54.4 Å². The lowest BCUT2D eigenvalue weighted by Gasteiger charge is -2.60. The molecule has 136 valence electrons. The molecule has 0 bridgehead atoms. The van der Waals surface area contributed by atoms with Crippen LogP contribution in [-0.4, -0.2) is 22.3 Å². The van der Waals surface area contributed by atoms with Crippen LogP contribution in [0.15, 0.2) is 23.8 Å². The van der Waals surface area contributed by atoms with Crippen LogP contribution in [-0.2, 0) is 9.59 Å². The number of allylic oxidation sites excluding steroid dienone is 1. The summed E-state index contributed by atoms with van der Waals surface area (Å²) in [4.78, 5) is 24.2. The molecule has 3 nitrogen and oxygen atoms in total. The van der Waals surface area contributed by atoms with Crippen molar-refractivity contribution in [3.63, 3.8) is 0 Å². The van der Waals surface area contributed by atoms with E-state index >= 15 is 0 Å². The number of carbonyl (C=O) groups excluding carboxylic acids is 2. The first-order valence-electron chi connectivity index (χ1n) is 9.79. The molecule has 0 heterocycles. The molecule has 0 aromatic carbocycles. The van der Waals surface area contributed by atoms with Crippen molar-refractivity contribution >= 4 is 11.6 Å². The van der Waals surface area contributed by atoms with Gasteiger partial charge in [0.05, 0.1) is 0 Å². The van der Waals surface area contributed by atoms with Gasteiger partial charge in [0.15, 0.2) is 11.6 Å². The van der Waals surface area contributed by atoms with E-state index in [1.807, 2.05) is 6.08 Å². The van der Waals surface area contributed by atoms with Crippen LogP contribution >= 0.6 is 0 Å². The largest absolute Gasteiger partial charge is 0.377 e. The SMILES string of the molecule is C=C1C[C@H]2C3(C)CCC4=CC(=O)CC[C@@H]4[C@H]3CC[C@]2(C)[C@]1(O)C(C)=O. The van der Waals surface area contributed by atoms with Gasteiger partial charge in [-0.25, -0.2) is 0 Å². The van der Waals surface area contributed by atoms with E-state index < -0.39 is 11.0 Å². The highest BCUT2D eigenvalue weighted by atomic mass is 16.3. The highest BCUT2D eigenvalue weighted by Crippen LogP contribution is 2.70. The molecule has 0 aromatic rings. The predicted molar refractivity (Wildman–Crippen MR) is 96.9 cm³/mol. The second kappa shape index (κ2) is 5.16. The summed E-state index contributed by atoms with van der Waals surface area (Å²) in [5.74, 6) is 1.50. The Morgan fingerprint density at radius 2 is 1.96 bits per heavy atom. The highest BCUT2D eigenvalue weighted by molar-refractivity contribution is 5.91. The molecule has 25 heavy (non-hydrogen) atoms. The maximum atomic E-state index is 12.4. The van der Waals surface area contributed by atoms with E-state index in [1.54, 1.807) is 0 Å². The Morgan fingerprint density at radius 3 is 2.64 bits per heavy atom. The molecule has 4 rings (SSSR count). The first-order chi connectivity index (χ1) is 11.6. The number of hydrogen-bond acceptors (Lipinski definition) is 3. The van der Waals surface area contributed by atoms with E-state index in [2.05, 4.69) is 20.4 Å². The molecular weight excluding hydrogens is 312 g/mol. The van der Waals surface area contributed by atoms with Crippen molar-refractivity contribution < 1.29 is 14.7 Å². The average molecular weight is 342 g/mol. The Bertz CT molecular complexity index is 704. The molecule has 0 amide bonds. The molecule has 0 radical (unpaired) electrons. The minimum Gasteiger partial charge on any atom is -0.377 e. The Hall–Kier alpha value is -1.22. The maximum absolute atomic E-state index is 12.4. The summed E-state index contributed by atoms with van der Waals surface area (Å²) in [6.45, 7) is 10.1. The van der Waals surface area contributed by atoms with Gasteiger partial charge in [-0.15, -0.1) is 0 Å². The zero-order valence-electron chi connectivity index (χ0n) is 15.7. The normalized spacial score (nSPS) is 49.1. The van der Waals surface area contributed by atoms with E-state index in [1.165, 1.54) is 12.5 Å². The van der Waals surface area contributed by atoms with E-state index in [-0.39, 0.29) is 17.0 Å². The van der Waals surface area contributed by atoms with Gasteiger partial charge in [0.1, 0.15) is 5.60 Å². The summed E-state index contributed by atoms with van der Waals surface area (Å²) in [6.07, 6.45) is 8.26. The van der Waals surface area contributed by atoms with Gasteiger partial charge in [-0.3, -0.25) is 9.59 Å². The molecule has 4 aliphatic rings. The molecule has 3 saturated carbocycles. The fraction of sp³-hybridized carbons (Fsp3) is 0.727. The van der Waals surface area contributed by atoms with Gasteiger partial charge < -0.3 is 5.11 Å². The van der Waals surface area contributed by atoms with Crippen LogP contribution in [0.25, 0.3) is 0 Å². The lowest BCUT2D eigenvalue weighted by Crippen LogP contribution is -2.59. The van der Waals surface area contributed by atoms with Crippen molar-refractivity contribution in [1.29, 1.82) is 0 Å². The molecule has 1 N–H and O–H groups in total. The van der Waals surface area contributed by atoms with Crippen molar-refractivity contribution in [2.75, 3.05) is 0 Å². The van der Waals surface area contributed by atoms with E-state index in [0.29, 0.717) is 24.2 Å². The van der Waals surface area contributed by atoms with Crippen molar-refractivity contribution in [2.24, 2.45) is 28.6 Å². The summed E-state index contributed by atoms with van der Waals surface area (Å²) in [7, 11) is 0. The fourth-order valence-electron chi connectivity index (χ4n) is 7.31. The van der Waals surface area contributed by atoms with Crippen LogP contribution in [0.2, 0.25) is 0 Å². The first kappa shape index (κ1) is 17.2. The third-order valence-electron chi connectivity index (χ3n) is 8.65. The standard InChI is InChI=1S/C22H30O3/c1-13-11-19-20(3)9-7-15-12-16(24)5-6-17(15)18(20)8-10-21(19,4)22(13,25)14(2)23/h12,17-19,25H,1,5-11H2,2-4H3/t17-,18+,19-,20?,21-,22+/m0/s1. The van der Waals surface area contributed by atoms with Gasteiger partial charge in [-0.1, -0.05) is 26.0 Å². The Kier molecular flexibility index (Phi) is 3.55. The summed E-state index contributed by atoms with van der Waals surface area (Å²) in [5, 5.41) is 11.4. The lowest BCUT2D eigenvalue weighted by atomic mass is 9.44. The van der Waals surface area contributed by atoms with Gasteiger partial charge in [0.2, 0.25) is 0 Å². The second-order valence-corrected chi connectivity index (χ2v) is 9.53. The van der Waals surface area contributed by atoms with Gasteiger partial charge in [0.25, 0.3) is 0 Å². The van der Waals surface area contributed by atoms with E-state index in [0.717, 1.165) is 44.1 Å². The predicted octanol–water partition coefficient (Wildman–Crippen LogP) is 4.00. The summed E-state index contributed by atoms with van der Waals surface area (Å²) in [5.41, 5.74) is 0.408. The maximum Gasteiger partial charge on any atom is 0.166 e. The van der Waals surface area contributed by atoms with E-state index in [9.17, 15) is 14.7 Å². The van der Waals surface area contributed by atoms with E-state index in [4.69, 9.17) is 0 Å². The number of rotatable bonds is 1. The second-order valence-electron chi connectivity index (χ2n) is 9.53. The number of Topliss-reactive ketones (excluding diaryl/α,β-unsaturated/α-hetero) is 1. The van der Waals surface area contributed by atoms with Crippen LogP contribution in [0.1, 0.15) is 65.7 Å². The molecule has 0 aromatic heterocycles. The summed E-state index contributed by atoms with van der Waals surface area (Å²) >= 11 is 0.